The fourth-order valence-electron chi connectivity index (χ4n) is 10.3. The second-order valence-electron chi connectivity index (χ2n) is 20.6. The second-order valence-corrected chi connectivity index (χ2v) is 20.6. The van der Waals surface area contributed by atoms with Crippen LogP contribution in [0.15, 0.2) is 227 Å². The third kappa shape index (κ3) is 7.48. The highest BCUT2D eigenvalue weighted by Crippen LogP contribution is 2.51. The van der Waals surface area contributed by atoms with E-state index >= 15 is 0 Å². The lowest BCUT2D eigenvalue weighted by molar-refractivity contribution is 0.590. The van der Waals surface area contributed by atoms with Gasteiger partial charge in [-0.3, -0.25) is 0 Å². The molecule has 2 heterocycles. The molecule has 0 saturated carbocycles. The molecule has 0 saturated heterocycles. The van der Waals surface area contributed by atoms with Crippen molar-refractivity contribution in [2.75, 3.05) is 9.80 Å². The summed E-state index contributed by atoms with van der Waals surface area (Å²) in [5.41, 5.74) is 16.6. The Morgan fingerprint density at radius 2 is 0.686 bits per heavy atom. The Morgan fingerprint density at radius 1 is 0.300 bits per heavy atom. The number of anilines is 6. The van der Waals surface area contributed by atoms with Crippen molar-refractivity contribution in [2.24, 2.45) is 0 Å². The van der Waals surface area contributed by atoms with Gasteiger partial charge in [-0.15, -0.1) is 0 Å². The van der Waals surface area contributed by atoms with Gasteiger partial charge in [0.25, 0.3) is 0 Å². The molecule has 2 aromatic heterocycles. The molecule has 0 spiro atoms. The van der Waals surface area contributed by atoms with Crippen molar-refractivity contribution < 1.29 is 8.83 Å². The number of benzene rings is 10. The van der Waals surface area contributed by atoms with Crippen LogP contribution in [0.1, 0.15) is 52.7 Å². The summed E-state index contributed by atoms with van der Waals surface area (Å²) < 4.78 is 14.4. The van der Waals surface area contributed by atoms with Gasteiger partial charge in [-0.2, -0.15) is 0 Å². The molecule has 0 unspecified atom stereocenters. The number of hydrogen-bond acceptors (Lipinski definition) is 4. The highest BCUT2D eigenvalue weighted by molar-refractivity contribution is 6.33. The van der Waals surface area contributed by atoms with Gasteiger partial charge >= 0.3 is 0 Å². The Hall–Kier alpha value is -8.34. The van der Waals surface area contributed by atoms with Crippen LogP contribution in [-0.4, -0.2) is 0 Å². The number of furan rings is 2. The maximum atomic E-state index is 7.30. The molecule has 70 heavy (non-hydrogen) atoms. The van der Waals surface area contributed by atoms with E-state index in [1.807, 2.05) is 0 Å². The predicted octanol–water partition coefficient (Wildman–Crippen LogP) is 19.5. The Morgan fingerprint density at radius 3 is 1.19 bits per heavy atom. The number of para-hydroxylation sites is 1. The zero-order valence-corrected chi connectivity index (χ0v) is 40.5. The van der Waals surface area contributed by atoms with Crippen LogP contribution < -0.4 is 9.80 Å². The molecule has 10 aromatic carbocycles. The molecule has 0 aliphatic rings. The van der Waals surface area contributed by atoms with Gasteiger partial charge in [0.15, 0.2) is 5.58 Å². The highest BCUT2D eigenvalue weighted by Gasteiger charge is 2.28. The zero-order valence-electron chi connectivity index (χ0n) is 40.5. The first-order chi connectivity index (χ1) is 34.0. The molecule has 0 radical (unpaired) electrons. The summed E-state index contributed by atoms with van der Waals surface area (Å²) in [5.74, 6) is 0. The molecule has 0 amide bonds. The van der Waals surface area contributed by atoms with Crippen LogP contribution >= 0.6 is 0 Å². The van der Waals surface area contributed by atoms with Crippen LogP contribution in [0.3, 0.4) is 0 Å². The van der Waals surface area contributed by atoms with Gasteiger partial charge in [0.05, 0.1) is 11.4 Å². The zero-order chi connectivity index (χ0) is 47.7. The van der Waals surface area contributed by atoms with E-state index in [0.717, 1.165) is 94.3 Å². The summed E-state index contributed by atoms with van der Waals surface area (Å²) in [7, 11) is 0. The topological polar surface area (TPSA) is 32.8 Å². The van der Waals surface area contributed by atoms with Crippen LogP contribution in [0.4, 0.5) is 34.1 Å². The smallest absolute Gasteiger partial charge is 0.160 e. The van der Waals surface area contributed by atoms with Crippen LogP contribution in [0.2, 0.25) is 0 Å². The molecule has 340 valence electrons. The maximum absolute atomic E-state index is 7.30. The van der Waals surface area contributed by atoms with E-state index in [4.69, 9.17) is 8.83 Å². The molecule has 0 aliphatic carbocycles. The lowest BCUT2D eigenvalue weighted by Gasteiger charge is -2.28. The number of rotatable bonds is 8. The van der Waals surface area contributed by atoms with Crippen LogP contribution in [0.25, 0.3) is 76.9 Å². The number of nitrogens with zero attached hydrogens (tertiary/aromatic N) is 2. The van der Waals surface area contributed by atoms with Crippen molar-refractivity contribution in [1.29, 1.82) is 0 Å². The minimum absolute atomic E-state index is 0.00141. The van der Waals surface area contributed by atoms with Crippen molar-refractivity contribution in [3.63, 3.8) is 0 Å². The lowest BCUT2D eigenvalue weighted by atomic mass is 9.87. The second kappa shape index (κ2) is 16.7. The lowest BCUT2D eigenvalue weighted by Crippen LogP contribution is -2.13. The molecular weight excluding hydrogens is 853 g/mol. The van der Waals surface area contributed by atoms with Crippen molar-refractivity contribution in [3.8, 4) is 22.3 Å². The van der Waals surface area contributed by atoms with Crippen LogP contribution in [0, 0.1) is 0 Å². The summed E-state index contributed by atoms with van der Waals surface area (Å²) in [5, 5.41) is 6.40. The molecule has 0 fully saturated rings. The number of hydrogen-bond donors (Lipinski definition) is 0. The van der Waals surface area contributed by atoms with Crippen molar-refractivity contribution >= 4 is 88.8 Å². The number of fused-ring (bicyclic) bond motifs is 9. The van der Waals surface area contributed by atoms with Gasteiger partial charge < -0.3 is 18.6 Å². The average Bonchev–Trinajstić information content (AvgIpc) is 3.96. The van der Waals surface area contributed by atoms with Crippen LogP contribution in [0.5, 0.6) is 0 Å². The average molecular weight is 907 g/mol. The molecule has 0 aliphatic heterocycles. The highest BCUT2D eigenvalue weighted by atomic mass is 16.3. The largest absolute Gasteiger partial charge is 0.456 e. The predicted molar refractivity (Wildman–Crippen MR) is 296 cm³/mol. The Kier molecular flexibility index (Phi) is 10.3. The van der Waals surface area contributed by atoms with Gasteiger partial charge in [-0.1, -0.05) is 193 Å². The van der Waals surface area contributed by atoms with Gasteiger partial charge in [-0.05, 0) is 104 Å². The first kappa shape index (κ1) is 43.0. The molecule has 0 atom stereocenters. The molecule has 12 aromatic rings. The summed E-state index contributed by atoms with van der Waals surface area (Å²) in [6, 6.07) is 78.5. The van der Waals surface area contributed by atoms with E-state index in [0.29, 0.717) is 0 Å². The summed E-state index contributed by atoms with van der Waals surface area (Å²) >= 11 is 0. The summed E-state index contributed by atoms with van der Waals surface area (Å²) in [6.45, 7) is 13.6. The Bertz CT molecular complexity index is 3850. The fraction of sp³-hybridized carbons (Fsp3) is 0.121. The molecular formula is C66H54N2O2. The van der Waals surface area contributed by atoms with Crippen LogP contribution in [-0.2, 0) is 10.8 Å². The normalized spacial score (nSPS) is 12.1. The molecule has 4 nitrogen and oxygen atoms in total. The van der Waals surface area contributed by atoms with E-state index in [-0.39, 0.29) is 10.8 Å². The van der Waals surface area contributed by atoms with E-state index in [1.54, 1.807) is 0 Å². The van der Waals surface area contributed by atoms with Crippen molar-refractivity contribution in [3.05, 3.63) is 230 Å². The van der Waals surface area contributed by atoms with Crippen molar-refractivity contribution in [1.82, 2.24) is 0 Å². The Labute approximate surface area is 409 Å². The molecule has 4 heteroatoms. The van der Waals surface area contributed by atoms with Gasteiger partial charge in [0.2, 0.25) is 0 Å². The molecule has 0 bridgehead atoms. The first-order valence-electron chi connectivity index (χ1n) is 24.3. The summed E-state index contributed by atoms with van der Waals surface area (Å²) in [6.07, 6.45) is 0. The Balaban J connectivity index is 1.11. The minimum atomic E-state index is -0.00141. The SMILES string of the molecule is CC(C)(C)c1ccc(N(c2ccc(-c3ccccc3)cc2)c2cc3oc4cc(N(c5ccc(-c6ccccc6)cc5)c5ccc(C(C)(C)C)cc5)c5oc6ccccc6c5c4c3c3ccccc23)cc1. The van der Waals surface area contributed by atoms with Crippen molar-refractivity contribution in [2.45, 2.75) is 52.4 Å². The molecule has 0 N–H and O–H groups in total. The van der Waals surface area contributed by atoms with E-state index in [2.05, 4.69) is 270 Å². The monoisotopic (exact) mass is 906 g/mol. The third-order valence-electron chi connectivity index (χ3n) is 14.0. The van der Waals surface area contributed by atoms with E-state index in [1.165, 1.54) is 27.8 Å². The summed E-state index contributed by atoms with van der Waals surface area (Å²) in [4.78, 5) is 4.71. The minimum Gasteiger partial charge on any atom is -0.456 e. The quantitative estimate of drug-likeness (QED) is 0.152. The standard InChI is InChI=1S/C66H54N2O2/c1-65(2,3)47-29-37-51(38-30-47)67(49-33-25-45(26-34-49)43-17-9-7-10-18-43)56-41-59-61(54-22-14-13-21-53(54)56)63-60(69-59)42-57(64-62(63)55-23-15-16-24-58(55)70-64)68(52-39-31-48(32-40-52)66(4,5)6)50-35-27-46(28-36-50)44-19-11-8-12-20-44/h7-42H,1-6H3. The van der Waals surface area contributed by atoms with Gasteiger partial charge in [-0.25, -0.2) is 0 Å². The third-order valence-corrected chi connectivity index (χ3v) is 14.0. The van der Waals surface area contributed by atoms with E-state index in [9.17, 15) is 0 Å². The fourth-order valence-corrected chi connectivity index (χ4v) is 10.3. The van der Waals surface area contributed by atoms with Gasteiger partial charge in [0, 0.05) is 61.8 Å². The van der Waals surface area contributed by atoms with E-state index < -0.39 is 0 Å². The molecule has 12 rings (SSSR count). The maximum Gasteiger partial charge on any atom is 0.160 e. The van der Waals surface area contributed by atoms with Gasteiger partial charge in [0.1, 0.15) is 16.7 Å². The first-order valence-corrected chi connectivity index (χ1v) is 24.3.